The molecular weight excluding hydrogens is 222 g/mol. The van der Waals surface area contributed by atoms with Crippen molar-refractivity contribution in [2.45, 2.75) is 26.7 Å². The molecule has 0 aromatic heterocycles. The Bertz CT molecular complexity index is 466. The zero-order valence-corrected chi connectivity index (χ0v) is 11.3. The van der Waals surface area contributed by atoms with Crippen molar-refractivity contribution < 1.29 is 4.79 Å². The van der Waals surface area contributed by atoms with Gasteiger partial charge in [-0.05, 0) is 36.8 Å². The maximum Gasteiger partial charge on any atom is 0.245 e. The predicted molar refractivity (Wildman–Crippen MR) is 74.4 cm³/mol. The van der Waals surface area contributed by atoms with Gasteiger partial charge in [-0.2, -0.15) is 0 Å². The zero-order valence-electron chi connectivity index (χ0n) is 11.3. The number of carbonyl (C=O) groups excluding carboxylic acids is 1. The number of likely N-dealkylation sites (tertiary alicyclic amines) is 1. The van der Waals surface area contributed by atoms with Crippen molar-refractivity contribution in [1.82, 2.24) is 4.90 Å². The van der Waals surface area contributed by atoms with Crippen molar-refractivity contribution in [2.24, 2.45) is 5.41 Å². The van der Waals surface area contributed by atoms with E-state index in [4.69, 9.17) is 0 Å². The third-order valence-corrected chi connectivity index (χ3v) is 3.76. The van der Waals surface area contributed by atoms with Crippen molar-refractivity contribution in [3.8, 4) is 0 Å². The molecule has 18 heavy (non-hydrogen) atoms. The molecule has 1 aliphatic rings. The molecule has 0 bridgehead atoms. The van der Waals surface area contributed by atoms with Crippen LogP contribution >= 0.6 is 0 Å². The van der Waals surface area contributed by atoms with Gasteiger partial charge in [0.2, 0.25) is 5.91 Å². The van der Waals surface area contributed by atoms with Crippen LogP contribution in [0.25, 0.3) is 0 Å². The number of rotatable bonds is 3. The summed E-state index contributed by atoms with van der Waals surface area (Å²) < 4.78 is 0. The van der Waals surface area contributed by atoms with Crippen molar-refractivity contribution in [3.63, 3.8) is 0 Å². The quantitative estimate of drug-likeness (QED) is 0.747. The number of nitrogens with zero attached hydrogens (tertiary/aromatic N) is 1. The smallest absolute Gasteiger partial charge is 0.245 e. The Hall–Kier alpha value is -1.57. The highest BCUT2D eigenvalue weighted by Gasteiger charge is 2.35. The second-order valence-corrected chi connectivity index (χ2v) is 5.69. The summed E-state index contributed by atoms with van der Waals surface area (Å²) >= 11 is 0. The van der Waals surface area contributed by atoms with E-state index in [1.54, 1.807) is 0 Å². The average Bonchev–Trinajstić information content (AvgIpc) is 2.70. The lowest BCUT2D eigenvalue weighted by molar-refractivity contribution is -0.125. The largest absolute Gasteiger partial charge is 0.339 e. The number of amides is 1. The molecule has 96 valence electrons. The lowest BCUT2D eigenvalue weighted by atomic mass is 9.83. The Morgan fingerprint density at radius 3 is 3.00 bits per heavy atom. The van der Waals surface area contributed by atoms with Gasteiger partial charge in [-0.25, -0.2) is 0 Å². The Morgan fingerprint density at radius 2 is 2.33 bits per heavy atom. The Balaban J connectivity index is 2.06. The van der Waals surface area contributed by atoms with Crippen molar-refractivity contribution >= 4 is 5.91 Å². The van der Waals surface area contributed by atoms with Gasteiger partial charge < -0.3 is 4.90 Å². The normalized spacial score (nSPS) is 23.1. The highest BCUT2D eigenvalue weighted by molar-refractivity contribution is 5.87. The first-order chi connectivity index (χ1) is 8.52. The molecule has 1 unspecified atom stereocenters. The molecule has 1 heterocycles. The molecule has 1 aliphatic heterocycles. The van der Waals surface area contributed by atoms with Crippen molar-refractivity contribution in [2.75, 3.05) is 13.1 Å². The Morgan fingerprint density at radius 1 is 1.56 bits per heavy atom. The van der Waals surface area contributed by atoms with Gasteiger partial charge in [0.1, 0.15) is 0 Å². The molecule has 1 amide bonds. The molecule has 2 nitrogen and oxygen atoms in total. The van der Waals surface area contributed by atoms with E-state index in [0.29, 0.717) is 0 Å². The van der Waals surface area contributed by atoms with Crippen molar-refractivity contribution in [1.29, 1.82) is 0 Å². The number of aryl methyl sites for hydroxylation is 1. The molecule has 1 aromatic rings. The summed E-state index contributed by atoms with van der Waals surface area (Å²) in [6, 6.07) is 8.64. The van der Waals surface area contributed by atoms with Gasteiger partial charge >= 0.3 is 0 Å². The van der Waals surface area contributed by atoms with E-state index in [0.717, 1.165) is 25.9 Å². The predicted octanol–water partition coefficient (Wildman–Crippen LogP) is 2.96. The molecule has 1 aromatic carbocycles. The summed E-state index contributed by atoms with van der Waals surface area (Å²) in [5.74, 6) is 0.0583. The minimum absolute atomic E-state index is 0.0583. The van der Waals surface area contributed by atoms with Crippen LogP contribution in [0.2, 0.25) is 0 Å². The fourth-order valence-electron chi connectivity index (χ4n) is 2.80. The minimum atomic E-state index is 0.0583. The lowest BCUT2D eigenvalue weighted by Crippen LogP contribution is -2.30. The summed E-state index contributed by atoms with van der Waals surface area (Å²) in [6.45, 7) is 9.64. The summed E-state index contributed by atoms with van der Waals surface area (Å²) in [4.78, 5) is 13.5. The fourth-order valence-corrected chi connectivity index (χ4v) is 2.80. The van der Waals surface area contributed by atoms with Crippen LogP contribution in [0, 0.1) is 12.3 Å². The Kier molecular flexibility index (Phi) is 3.55. The van der Waals surface area contributed by atoms with Crippen LogP contribution in [0.1, 0.15) is 24.5 Å². The first-order valence-electron chi connectivity index (χ1n) is 6.49. The van der Waals surface area contributed by atoms with Gasteiger partial charge in [0.15, 0.2) is 0 Å². The van der Waals surface area contributed by atoms with Crippen LogP contribution in [0.4, 0.5) is 0 Å². The average molecular weight is 243 g/mol. The molecule has 1 atom stereocenters. The summed E-state index contributed by atoms with van der Waals surface area (Å²) in [5, 5.41) is 0. The van der Waals surface area contributed by atoms with E-state index in [1.165, 1.54) is 17.2 Å². The number of carbonyl (C=O) groups is 1. The van der Waals surface area contributed by atoms with E-state index in [1.807, 2.05) is 4.90 Å². The molecule has 0 saturated carbocycles. The Labute approximate surface area is 109 Å². The van der Waals surface area contributed by atoms with Gasteiger partial charge in [0.05, 0.1) is 0 Å². The molecule has 1 saturated heterocycles. The summed E-state index contributed by atoms with van der Waals surface area (Å²) in [6.07, 6.45) is 3.52. The third kappa shape index (κ3) is 2.81. The third-order valence-electron chi connectivity index (χ3n) is 3.76. The van der Waals surface area contributed by atoms with Crippen LogP contribution in [0.5, 0.6) is 0 Å². The van der Waals surface area contributed by atoms with E-state index < -0.39 is 0 Å². The molecule has 2 rings (SSSR count). The van der Waals surface area contributed by atoms with Crippen LogP contribution in [0.3, 0.4) is 0 Å². The number of hydrogen-bond acceptors (Lipinski definition) is 1. The van der Waals surface area contributed by atoms with E-state index in [9.17, 15) is 4.79 Å². The van der Waals surface area contributed by atoms with E-state index in [2.05, 4.69) is 44.7 Å². The monoisotopic (exact) mass is 243 g/mol. The minimum Gasteiger partial charge on any atom is -0.339 e. The second-order valence-electron chi connectivity index (χ2n) is 5.69. The SMILES string of the molecule is C=CC(=O)N1CCC(C)(Cc2cccc(C)c2)C1. The van der Waals surface area contributed by atoms with E-state index in [-0.39, 0.29) is 11.3 Å². The second kappa shape index (κ2) is 4.97. The highest BCUT2D eigenvalue weighted by Crippen LogP contribution is 2.33. The standard InChI is InChI=1S/C16H21NO/c1-4-15(18)17-9-8-16(3,12-17)11-14-7-5-6-13(2)10-14/h4-7,10H,1,8-9,11-12H2,2-3H3. The van der Waals surface area contributed by atoms with Gasteiger partial charge in [0, 0.05) is 13.1 Å². The first-order valence-corrected chi connectivity index (χ1v) is 6.49. The van der Waals surface area contributed by atoms with Crippen LogP contribution in [-0.2, 0) is 11.2 Å². The van der Waals surface area contributed by atoms with Crippen molar-refractivity contribution in [3.05, 3.63) is 48.0 Å². The fraction of sp³-hybridized carbons (Fsp3) is 0.438. The van der Waals surface area contributed by atoms with E-state index >= 15 is 0 Å². The molecule has 0 spiro atoms. The van der Waals surface area contributed by atoms with Crippen LogP contribution < -0.4 is 0 Å². The summed E-state index contributed by atoms with van der Waals surface area (Å²) in [5.41, 5.74) is 2.87. The van der Waals surface area contributed by atoms with Crippen LogP contribution in [-0.4, -0.2) is 23.9 Å². The molecule has 0 radical (unpaired) electrons. The molecule has 0 aliphatic carbocycles. The topological polar surface area (TPSA) is 20.3 Å². The van der Waals surface area contributed by atoms with Gasteiger partial charge in [0.25, 0.3) is 0 Å². The molecule has 0 N–H and O–H groups in total. The van der Waals surface area contributed by atoms with Gasteiger partial charge in [-0.15, -0.1) is 0 Å². The number of benzene rings is 1. The van der Waals surface area contributed by atoms with Crippen LogP contribution in [0.15, 0.2) is 36.9 Å². The van der Waals surface area contributed by atoms with Gasteiger partial charge in [-0.1, -0.05) is 43.3 Å². The summed E-state index contributed by atoms with van der Waals surface area (Å²) in [7, 11) is 0. The molecular formula is C16H21NO. The molecule has 1 fully saturated rings. The molecule has 2 heteroatoms. The maximum atomic E-state index is 11.6. The zero-order chi connectivity index (χ0) is 13.2. The lowest BCUT2D eigenvalue weighted by Gasteiger charge is -2.24. The maximum absolute atomic E-state index is 11.6. The number of hydrogen-bond donors (Lipinski definition) is 0. The first kappa shape index (κ1) is 12.9. The highest BCUT2D eigenvalue weighted by atomic mass is 16.2. The van der Waals surface area contributed by atoms with Gasteiger partial charge in [-0.3, -0.25) is 4.79 Å².